The molecule has 0 amide bonds. The molecule has 8 bridgehead atoms. The first kappa shape index (κ1) is 23.7. The summed E-state index contributed by atoms with van der Waals surface area (Å²) in [5.74, 6) is 2.25. The van der Waals surface area contributed by atoms with Crippen molar-refractivity contribution in [3.8, 4) is 45.6 Å². The van der Waals surface area contributed by atoms with Crippen LogP contribution in [0.5, 0.6) is 0 Å². The predicted octanol–water partition coefficient (Wildman–Crippen LogP) is 6.79. The third-order valence-electron chi connectivity index (χ3n) is 7.83. The highest BCUT2D eigenvalue weighted by Crippen LogP contribution is 2.37. The molecular weight excluding hydrogens is 536 g/mol. The molecule has 2 aliphatic rings. The molecule has 7 aromatic rings. The van der Waals surface area contributed by atoms with Crippen LogP contribution in [-0.2, 0) is 0 Å². The van der Waals surface area contributed by atoms with Gasteiger partial charge in [0, 0.05) is 43.8 Å². The van der Waals surface area contributed by atoms with Gasteiger partial charge in [-0.3, -0.25) is 0 Å². The van der Waals surface area contributed by atoms with E-state index in [1.165, 1.54) is 0 Å². The van der Waals surface area contributed by atoms with Crippen molar-refractivity contribution in [3.05, 3.63) is 97.1 Å². The molecular formula is C34H22N8O. The van der Waals surface area contributed by atoms with Crippen molar-refractivity contribution < 1.29 is 4.84 Å². The van der Waals surface area contributed by atoms with E-state index in [9.17, 15) is 0 Å². The number of benzene rings is 4. The number of fused-ring (bicyclic) bond motifs is 20. The number of rotatable bonds is 2. The number of hydrogen-bond acceptors (Lipinski definition) is 7. The fraction of sp³-hybridized carbons (Fsp3) is 0.0588. The number of aromatic amines is 1. The van der Waals surface area contributed by atoms with Crippen molar-refractivity contribution in [2.75, 3.05) is 6.61 Å². The zero-order valence-corrected chi connectivity index (χ0v) is 23.0. The minimum absolute atomic E-state index is 0.415. The summed E-state index contributed by atoms with van der Waals surface area (Å²) in [6, 6.07) is 32.1. The molecule has 9 heteroatoms. The minimum atomic E-state index is 0.415. The van der Waals surface area contributed by atoms with Crippen molar-refractivity contribution >= 4 is 44.1 Å². The quantitative estimate of drug-likeness (QED) is 0.249. The Labute approximate surface area is 244 Å². The molecule has 5 heterocycles. The number of nitrogens with zero attached hydrogens (tertiary/aromatic N) is 7. The second kappa shape index (κ2) is 9.02. The van der Waals surface area contributed by atoms with Crippen LogP contribution in [0.1, 0.15) is 6.92 Å². The monoisotopic (exact) mass is 558 g/mol. The lowest BCUT2D eigenvalue weighted by molar-refractivity contribution is 0.139. The van der Waals surface area contributed by atoms with Gasteiger partial charge in [0.1, 0.15) is 17.9 Å². The van der Waals surface area contributed by atoms with Crippen LogP contribution in [0.2, 0.25) is 0 Å². The largest absolute Gasteiger partial charge is 0.411 e. The van der Waals surface area contributed by atoms with Crippen molar-refractivity contribution in [2.45, 2.75) is 6.92 Å². The fourth-order valence-electron chi connectivity index (χ4n) is 5.92. The summed E-state index contributed by atoms with van der Waals surface area (Å²) >= 11 is 0. The summed E-state index contributed by atoms with van der Waals surface area (Å²) in [6.07, 6.45) is 0. The van der Waals surface area contributed by atoms with Crippen molar-refractivity contribution in [2.24, 2.45) is 0 Å². The topological polar surface area (TPSA) is 107 Å². The number of hydrogen-bond donors (Lipinski definition) is 1. The Hall–Kier alpha value is -5.96. The Bertz CT molecular complexity index is 2280. The summed E-state index contributed by atoms with van der Waals surface area (Å²) in [6.45, 7) is 2.36. The zero-order chi connectivity index (χ0) is 28.5. The van der Waals surface area contributed by atoms with Gasteiger partial charge in [0.25, 0.3) is 0 Å². The molecule has 0 atom stereocenters. The normalized spacial score (nSPS) is 11.9. The van der Waals surface area contributed by atoms with Gasteiger partial charge in [0.2, 0.25) is 0 Å². The van der Waals surface area contributed by atoms with E-state index in [0.29, 0.717) is 52.5 Å². The molecule has 4 aromatic carbocycles. The first-order valence-corrected chi connectivity index (χ1v) is 14.1. The van der Waals surface area contributed by atoms with Crippen LogP contribution in [0.25, 0.3) is 89.7 Å². The number of aromatic nitrogens is 8. The maximum absolute atomic E-state index is 6.22. The molecule has 0 fully saturated rings. The van der Waals surface area contributed by atoms with Crippen LogP contribution in [-0.4, -0.2) is 46.2 Å². The average molecular weight is 559 g/mol. The standard InChI is InChI=1S/C34H22N8O/c1-2-43-42-33-25-17-9-10-18-26(25)34(42)41-32-24-16-8-6-14-22(24)30(39-32)37-28-20-12-4-3-11-19(20)27(35-28)36-29-21-13-5-7-15-23(21)31(38-29)40-33/h3-18H,2H2,1H3,(H,35,36,37,38,39,40,41). The number of nitrogens with one attached hydrogen (secondary N) is 1. The van der Waals surface area contributed by atoms with Gasteiger partial charge >= 0.3 is 0 Å². The van der Waals surface area contributed by atoms with Crippen LogP contribution < -0.4 is 4.84 Å². The Morgan fingerprint density at radius 2 is 0.860 bits per heavy atom. The molecule has 3 aromatic heterocycles. The lowest BCUT2D eigenvalue weighted by Gasteiger charge is -2.05. The summed E-state index contributed by atoms with van der Waals surface area (Å²) in [5.41, 5.74) is 6.14. The molecule has 2 aliphatic heterocycles. The zero-order valence-electron chi connectivity index (χ0n) is 23.0. The molecule has 0 radical (unpaired) electrons. The molecule has 0 aliphatic carbocycles. The number of H-pyrrole nitrogens is 1. The first-order valence-electron chi connectivity index (χ1n) is 14.1. The summed E-state index contributed by atoms with van der Waals surface area (Å²) in [5, 5.41) is 3.67. The highest BCUT2D eigenvalue weighted by molar-refractivity contribution is 6.06. The van der Waals surface area contributed by atoms with E-state index < -0.39 is 0 Å². The second-order valence-electron chi connectivity index (χ2n) is 10.3. The SMILES string of the molecule is CCOn1c2nc3nc(nc4[nH]c(nc5nc(nc1c1ccccc12)-c1ccccc1-5)c1ccccc41)-c1ccccc1-3. The van der Waals surface area contributed by atoms with Crippen LogP contribution in [0, 0.1) is 0 Å². The van der Waals surface area contributed by atoms with Crippen molar-refractivity contribution in [1.29, 1.82) is 0 Å². The molecule has 1 N–H and O–H groups in total. The summed E-state index contributed by atoms with van der Waals surface area (Å²) in [4.78, 5) is 39.9. The van der Waals surface area contributed by atoms with E-state index in [2.05, 4.69) is 4.98 Å². The maximum Gasteiger partial charge on any atom is 0.180 e. The van der Waals surface area contributed by atoms with Gasteiger partial charge < -0.3 is 9.82 Å². The lowest BCUT2D eigenvalue weighted by atomic mass is 10.1. The smallest absolute Gasteiger partial charge is 0.180 e. The highest BCUT2D eigenvalue weighted by Gasteiger charge is 2.23. The third-order valence-corrected chi connectivity index (χ3v) is 7.83. The second-order valence-corrected chi connectivity index (χ2v) is 10.3. The van der Waals surface area contributed by atoms with E-state index in [-0.39, 0.29) is 0 Å². The minimum Gasteiger partial charge on any atom is -0.411 e. The first-order chi connectivity index (χ1) is 21.3. The third kappa shape index (κ3) is 3.51. The molecule has 43 heavy (non-hydrogen) atoms. The van der Waals surface area contributed by atoms with E-state index in [1.807, 2.05) is 104 Å². The van der Waals surface area contributed by atoms with Gasteiger partial charge in [-0.1, -0.05) is 97.1 Å². The fourth-order valence-corrected chi connectivity index (χ4v) is 5.92. The summed E-state index contributed by atoms with van der Waals surface area (Å²) < 4.78 is 1.70. The lowest BCUT2D eigenvalue weighted by Crippen LogP contribution is -2.11. The van der Waals surface area contributed by atoms with Crippen molar-refractivity contribution in [3.63, 3.8) is 0 Å². The van der Waals surface area contributed by atoms with Crippen LogP contribution >= 0.6 is 0 Å². The predicted molar refractivity (Wildman–Crippen MR) is 167 cm³/mol. The Kier molecular flexibility index (Phi) is 4.98. The molecule has 9 rings (SSSR count). The molecule has 0 saturated heterocycles. The van der Waals surface area contributed by atoms with Gasteiger partial charge in [0.15, 0.2) is 34.6 Å². The van der Waals surface area contributed by atoms with Gasteiger partial charge in [-0.25, -0.2) is 29.9 Å². The van der Waals surface area contributed by atoms with Gasteiger partial charge in [0.05, 0.1) is 0 Å². The Morgan fingerprint density at radius 3 is 1.28 bits per heavy atom. The Morgan fingerprint density at radius 1 is 0.488 bits per heavy atom. The van der Waals surface area contributed by atoms with Gasteiger partial charge in [-0.2, -0.15) is 0 Å². The average Bonchev–Trinajstić information content (AvgIpc) is 3.76. The van der Waals surface area contributed by atoms with E-state index in [0.717, 1.165) is 43.8 Å². The molecule has 0 saturated carbocycles. The van der Waals surface area contributed by atoms with Crippen LogP contribution in [0.4, 0.5) is 0 Å². The van der Waals surface area contributed by atoms with Crippen LogP contribution in [0.3, 0.4) is 0 Å². The highest BCUT2D eigenvalue weighted by atomic mass is 16.7. The van der Waals surface area contributed by atoms with E-state index in [1.54, 1.807) is 4.73 Å². The van der Waals surface area contributed by atoms with E-state index >= 15 is 0 Å². The van der Waals surface area contributed by atoms with Crippen LogP contribution in [0.15, 0.2) is 97.1 Å². The van der Waals surface area contributed by atoms with Gasteiger partial charge in [-0.15, -0.1) is 4.73 Å². The Balaban J connectivity index is 1.54. The van der Waals surface area contributed by atoms with Gasteiger partial charge in [-0.05, 0) is 6.92 Å². The maximum atomic E-state index is 6.22. The summed E-state index contributed by atoms with van der Waals surface area (Å²) in [7, 11) is 0. The molecule has 0 spiro atoms. The molecule has 9 nitrogen and oxygen atoms in total. The van der Waals surface area contributed by atoms with Crippen molar-refractivity contribution in [1.82, 2.24) is 39.6 Å². The molecule has 0 unspecified atom stereocenters. The van der Waals surface area contributed by atoms with E-state index in [4.69, 9.17) is 34.7 Å². The molecule has 204 valence electrons.